The van der Waals surface area contributed by atoms with Gasteiger partial charge in [0, 0.05) is 16.3 Å². The van der Waals surface area contributed by atoms with Crippen LogP contribution in [0.25, 0.3) is 10.8 Å². The smallest absolute Gasteiger partial charge is 0.295 e. The Hall–Kier alpha value is -2.21. The summed E-state index contributed by atoms with van der Waals surface area (Å²) in [6, 6.07) is 2.74. The van der Waals surface area contributed by atoms with Crippen LogP contribution in [0.15, 0.2) is 28.0 Å². The molecule has 0 radical (unpaired) electrons. The number of rotatable bonds is 3. The lowest BCUT2D eigenvalue weighted by Gasteiger charge is -2.14. The molecule has 0 heterocycles. The quantitative estimate of drug-likeness (QED) is 0.348. The Morgan fingerprint density at radius 2 is 1.48 bits per heavy atom. The molecular weight excluding hydrogens is 348 g/mol. The normalized spacial score (nSPS) is 12.5. The van der Waals surface area contributed by atoms with Crippen LogP contribution in [-0.2, 0) is 20.2 Å². The van der Waals surface area contributed by atoms with E-state index in [0.29, 0.717) is 0 Å². The van der Waals surface area contributed by atoms with Crippen molar-refractivity contribution in [1.29, 1.82) is 0 Å². The van der Waals surface area contributed by atoms with E-state index in [9.17, 15) is 30.7 Å². The van der Waals surface area contributed by atoms with Gasteiger partial charge >= 0.3 is 0 Å². The molecule has 0 aliphatic heterocycles. The minimum absolute atomic E-state index is 0.195. The maximum Gasteiger partial charge on any atom is 0.295 e. The Bertz CT molecular complexity index is 1060. The molecule has 0 aliphatic carbocycles. The SMILES string of the molecule is CC(=O)c1cc(S(=O)(=O)O)c2c(N)c(N)cc(S(=O)(=O)O)c2c1. The molecule has 0 fully saturated rings. The first-order chi connectivity index (χ1) is 10.3. The Morgan fingerprint density at radius 3 is 1.91 bits per heavy atom. The Labute approximate surface area is 131 Å². The van der Waals surface area contributed by atoms with Crippen molar-refractivity contribution in [2.75, 3.05) is 11.5 Å². The highest BCUT2D eigenvalue weighted by molar-refractivity contribution is 7.86. The maximum absolute atomic E-state index is 11.6. The highest BCUT2D eigenvalue weighted by Gasteiger charge is 2.25. The number of anilines is 2. The summed E-state index contributed by atoms with van der Waals surface area (Å²) < 4.78 is 64.9. The minimum atomic E-state index is -4.85. The van der Waals surface area contributed by atoms with Gasteiger partial charge in [0.2, 0.25) is 0 Å². The predicted molar refractivity (Wildman–Crippen MR) is 82.4 cm³/mol. The van der Waals surface area contributed by atoms with Gasteiger partial charge in [0.15, 0.2) is 5.78 Å². The molecule has 2 aromatic rings. The first-order valence-corrected chi connectivity index (χ1v) is 8.83. The number of ketones is 1. The van der Waals surface area contributed by atoms with E-state index in [1.54, 1.807) is 0 Å². The van der Waals surface area contributed by atoms with Crippen molar-refractivity contribution < 1.29 is 30.7 Å². The molecule has 23 heavy (non-hydrogen) atoms. The molecular formula is C12H12N2O7S2. The van der Waals surface area contributed by atoms with Gasteiger partial charge in [-0.3, -0.25) is 13.9 Å². The van der Waals surface area contributed by atoms with Gasteiger partial charge in [-0.25, -0.2) is 0 Å². The summed E-state index contributed by atoms with van der Waals surface area (Å²) in [6.07, 6.45) is 0. The van der Waals surface area contributed by atoms with E-state index >= 15 is 0 Å². The van der Waals surface area contributed by atoms with Crippen molar-refractivity contribution in [3.63, 3.8) is 0 Å². The number of Topliss-reactive ketones (excluding diaryl/α,β-unsaturated/α-hetero) is 1. The molecule has 0 unspecified atom stereocenters. The third-order valence-corrected chi connectivity index (χ3v) is 4.97. The highest BCUT2D eigenvalue weighted by Crippen LogP contribution is 2.37. The molecule has 0 aliphatic rings. The van der Waals surface area contributed by atoms with Crippen LogP contribution in [0.5, 0.6) is 0 Å². The monoisotopic (exact) mass is 360 g/mol. The van der Waals surface area contributed by atoms with Crippen LogP contribution in [0, 0.1) is 0 Å². The van der Waals surface area contributed by atoms with Crippen molar-refractivity contribution in [2.45, 2.75) is 16.7 Å². The average molecular weight is 360 g/mol. The lowest BCUT2D eigenvalue weighted by Crippen LogP contribution is -2.09. The molecule has 2 rings (SSSR count). The Kier molecular flexibility index (Phi) is 3.85. The van der Waals surface area contributed by atoms with Gasteiger partial charge in [-0.05, 0) is 25.1 Å². The van der Waals surface area contributed by atoms with Gasteiger partial charge in [-0.2, -0.15) is 16.8 Å². The zero-order valence-electron chi connectivity index (χ0n) is 11.6. The van der Waals surface area contributed by atoms with Crippen molar-refractivity contribution in [2.24, 2.45) is 0 Å². The van der Waals surface area contributed by atoms with E-state index in [-0.39, 0.29) is 22.3 Å². The number of nitrogens with two attached hydrogens (primary N) is 2. The number of hydrogen-bond donors (Lipinski definition) is 4. The van der Waals surface area contributed by atoms with Crippen LogP contribution in [0.4, 0.5) is 11.4 Å². The fourth-order valence-corrected chi connectivity index (χ4v) is 3.62. The average Bonchev–Trinajstić information content (AvgIpc) is 2.39. The second-order valence-corrected chi connectivity index (χ2v) is 7.56. The molecule has 0 bridgehead atoms. The summed E-state index contributed by atoms with van der Waals surface area (Å²) in [7, 11) is -9.65. The van der Waals surface area contributed by atoms with Crippen molar-refractivity contribution in [3.05, 3.63) is 23.8 Å². The van der Waals surface area contributed by atoms with Crippen LogP contribution in [0.3, 0.4) is 0 Å². The van der Waals surface area contributed by atoms with E-state index in [0.717, 1.165) is 25.1 Å². The van der Waals surface area contributed by atoms with E-state index in [4.69, 9.17) is 11.5 Å². The highest BCUT2D eigenvalue weighted by atomic mass is 32.2. The molecule has 0 saturated carbocycles. The maximum atomic E-state index is 11.6. The van der Waals surface area contributed by atoms with Gasteiger partial charge in [0.25, 0.3) is 20.2 Å². The van der Waals surface area contributed by atoms with Crippen LogP contribution in [0.2, 0.25) is 0 Å². The van der Waals surface area contributed by atoms with Crippen molar-refractivity contribution in [3.8, 4) is 0 Å². The van der Waals surface area contributed by atoms with E-state index in [1.807, 2.05) is 0 Å². The summed E-state index contributed by atoms with van der Waals surface area (Å²) in [5.74, 6) is -0.589. The molecule has 0 saturated heterocycles. The lowest BCUT2D eigenvalue weighted by atomic mass is 10.0. The second kappa shape index (κ2) is 5.16. The summed E-state index contributed by atoms with van der Waals surface area (Å²) >= 11 is 0. The van der Waals surface area contributed by atoms with Gasteiger partial charge < -0.3 is 11.5 Å². The zero-order valence-corrected chi connectivity index (χ0v) is 13.3. The fraction of sp³-hybridized carbons (Fsp3) is 0.0833. The third-order valence-electron chi connectivity index (χ3n) is 3.20. The number of nitrogen functional groups attached to an aromatic ring is 2. The number of benzene rings is 2. The molecule has 9 nitrogen and oxygen atoms in total. The van der Waals surface area contributed by atoms with Crippen molar-refractivity contribution >= 4 is 48.2 Å². The topological polar surface area (TPSA) is 178 Å². The molecule has 0 atom stereocenters. The number of carbonyl (C=O) groups excluding carboxylic acids is 1. The van der Waals surface area contributed by atoms with Gasteiger partial charge in [0.1, 0.15) is 9.79 Å². The number of carbonyl (C=O) groups is 1. The molecule has 0 spiro atoms. The first-order valence-electron chi connectivity index (χ1n) is 5.95. The van der Waals surface area contributed by atoms with E-state index in [1.165, 1.54) is 0 Å². The molecule has 0 aromatic heterocycles. The largest absolute Gasteiger partial charge is 0.397 e. The van der Waals surface area contributed by atoms with Crippen LogP contribution in [-0.4, -0.2) is 31.7 Å². The predicted octanol–water partition coefficient (Wildman–Crippen LogP) is 0.700. The lowest BCUT2D eigenvalue weighted by molar-refractivity contribution is 0.101. The number of fused-ring (bicyclic) bond motifs is 1. The van der Waals surface area contributed by atoms with Crippen LogP contribution >= 0.6 is 0 Å². The molecule has 124 valence electrons. The fourth-order valence-electron chi connectivity index (χ4n) is 2.15. The zero-order chi connectivity index (χ0) is 17.7. The second-order valence-electron chi connectivity index (χ2n) is 4.78. The van der Waals surface area contributed by atoms with Gasteiger partial charge in [-0.1, -0.05) is 0 Å². The minimum Gasteiger partial charge on any atom is -0.397 e. The molecule has 11 heteroatoms. The van der Waals surface area contributed by atoms with Gasteiger partial charge in [-0.15, -0.1) is 0 Å². The summed E-state index contributed by atoms with van der Waals surface area (Å²) in [5.41, 5.74) is 10.4. The Balaban J connectivity index is 3.26. The Morgan fingerprint density at radius 1 is 0.957 bits per heavy atom. The first kappa shape index (κ1) is 17.1. The summed E-state index contributed by atoms with van der Waals surface area (Å²) in [4.78, 5) is 10.0. The third kappa shape index (κ3) is 2.99. The van der Waals surface area contributed by atoms with Gasteiger partial charge in [0.05, 0.1) is 11.4 Å². The van der Waals surface area contributed by atoms with Crippen molar-refractivity contribution in [1.82, 2.24) is 0 Å². The summed E-state index contributed by atoms with van der Waals surface area (Å²) in [5, 5.41) is -0.746. The molecule has 0 amide bonds. The summed E-state index contributed by atoms with van der Waals surface area (Å²) in [6.45, 7) is 1.11. The molecule has 6 N–H and O–H groups in total. The van der Waals surface area contributed by atoms with E-state index in [2.05, 4.69) is 0 Å². The van der Waals surface area contributed by atoms with Crippen LogP contribution in [0.1, 0.15) is 17.3 Å². The standard InChI is InChI=1S/C12H12N2O7S2/c1-5(15)6-2-7-9(22(16,17)18)4-8(13)12(14)11(7)10(3-6)23(19,20)21/h2-4H,13-14H2,1H3,(H,16,17,18)(H,19,20,21). The van der Waals surface area contributed by atoms with Crippen LogP contribution < -0.4 is 11.5 Å². The van der Waals surface area contributed by atoms with E-state index < -0.39 is 41.2 Å². The molecule has 2 aromatic carbocycles. The number of hydrogen-bond acceptors (Lipinski definition) is 7.